The van der Waals surface area contributed by atoms with E-state index in [0.717, 1.165) is 0 Å². The van der Waals surface area contributed by atoms with Crippen LogP contribution in [0.15, 0.2) is 12.7 Å². The van der Waals surface area contributed by atoms with Crippen molar-refractivity contribution >= 4 is 11.9 Å². The highest BCUT2D eigenvalue weighted by Gasteiger charge is 2.23. The second kappa shape index (κ2) is 7.08. The Bertz CT molecular complexity index is 211. The van der Waals surface area contributed by atoms with Crippen LogP contribution < -0.4 is 0 Å². The highest BCUT2D eigenvalue weighted by atomic mass is 16.6. The van der Waals surface area contributed by atoms with E-state index in [4.69, 9.17) is 4.74 Å². The summed E-state index contributed by atoms with van der Waals surface area (Å²) < 4.78 is 13.9. The number of carbonyl (C=O) groups excluding carboxylic acids is 2. The molecule has 0 aliphatic carbocycles. The fourth-order valence-corrected chi connectivity index (χ4v) is 0.761. The first kappa shape index (κ1) is 12.6. The highest BCUT2D eigenvalue weighted by Crippen LogP contribution is 2.02. The number of hydrogen-bond donors (Lipinski definition) is 0. The van der Waals surface area contributed by atoms with Crippen LogP contribution in [-0.2, 0) is 23.8 Å². The van der Waals surface area contributed by atoms with Gasteiger partial charge in [0.25, 0.3) is 0 Å². The standard InChI is InChI=1S/C9H14O5/c1-4-5-14-7(9(11)13-3)6-8(10)12-2/h4,7H,1,5-6H2,2-3H3. The van der Waals surface area contributed by atoms with Gasteiger partial charge in [0.1, 0.15) is 0 Å². The Morgan fingerprint density at radius 2 is 2.00 bits per heavy atom. The maximum Gasteiger partial charge on any atom is 0.335 e. The lowest BCUT2D eigenvalue weighted by Gasteiger charge is -2.12. The van der Waals surface area contributed by atoms with Gasteiger partial charge in [-0.2, -0.15) is 0 Å². The Balaban J connectivity index is 4.16. The monoisotopic (exact) mass is 202 g/mol. The average molecular weight is 202 g/mol. The minimum Gasteiger partial charge on any atom is -0.469 e. The van der Waals surface area contributed by atoms with E-state index in [2.05, 4.69) is 16.1 Å². The molecule has 0 heterocycles. The first-order valence-electron chi connectivity index (χ1n) is 4.02. The quantitative estimate of drug-likeness (QED) is 0.457. The third-order valence-corrected chi connectivity index (χ3v) is 1.46. The summed E-state index contributed by atoms with van der Waals surface area (Å²) in [5, 5.41) is 0. The summed E-state index contributed by atoms with van der Waals surface area (Å²) in [4.78, 5) is 21.9. The van der Waals surface area contributed by atoms with Crippen molar-refractivity contribution in [2.75, 3.05) is 20.8 Å². The van der Waals surface area contributed by atoms with Crippen LogP contribution >= 0.6 is 0 Å². The zero-order valence-electron chi connectivity index (χ0n) is 8.32. The first-order valence-corrected chi connectivity index (χ1v) is 4.02. The number of rotatable bonds is 6. The number of carbonyl (C=O) groups is 2. The highest BCUT2D eigenvalue weighted by molar-refractivity contribution is 5.81. The maximum absolute atomic E-state index is 11.1. The molecule has 0 rings (SSSR count). The van der Waals surface area contributed by atoms with Crippen LogP contribution in [-0.4, -0.2) is 38.9 Å². The van der Waals surface area contributed by atoms with Gasteiger partial charge in [-0.3, -0.25) is 4.79 Å². The van der Waals surface area contributed by atoms with Crippen molar-refractivity contribution < 1.29 is 23.8 Å². The zero-order chi connectivity index (χ0) is 11.0. The third-order valence-electron chi connectivity index (χ3n) is 1.46. The van der Waals surface area contributed by atoms with Crippen molar-refractivity contribution in [2.45, 2.75) is 12.5 Å². The van der Waals surface area contributed by atoms with E-state index in [-0.39, 0.29) is 13.0 Å². The van der Waals surface area contributed by atoms with Crippen molar-refractivity contribution in [3.8, 4) is 0 Å². The van der Waals surface area contributed by atoms with Gasteiger partial charge in [-0.1, -0.05) is 6.08 Å². The van der Waals surface area contributed by atoms with E-state index < -0.39 is 18.0 Å². The fraction of sp³-hybridized carbons (Fsp3) is 0.556. The van der Waals surface area contributed by atoms with Crippen LogP contribution in [0.5, 0.6) is 0 Å². The van der Waals surface area contributed by atoms with E-state index in [1.54, 1.807) is 0 Å². The van der Waals surface area contributed by atoms with Crippen molar-refractivity contribution in [3.05, 3.63) is 12.7 Å². The summed E-state index contributed by atoms with van der Waals surface area (Å²) in [6.45, 7) is 3.60. The van der Waals surface area contributed by atoms with Crippen molar-refractivity contribution in [1.82, 2.24) is 0 Å². The average Bonchev–Trinajstić information content (AvgIpc) is 2.22. The van der Waals surface area contributed by atoms with Crippen molar-refractivity contribution in [3.63, 3.8) is 0 Å². The zero-order valence-corrected chi connectivity index (χ0v) is 8.32. The second-order valence-corrected chi connectivity index (χ2v) is 2.41. The lowest BCUT2D eigenvalue weighted by atomic mass is 10.2. The number of methoxy groups -OCH3 is 2. The molecule has 0 aliphatic heterocycles. The molecule has 0 saturated carbocycles. The number of hydrogen-bond acceptors (Lipinski definition) is 5. The molecule has 0 aliphatic rings. The molecular formula is C9H14O5. The largest absolute Gasteiger partial charge is 0.469 e. The second-order valence-electron chi connectivity index (χ2n) is 2.41. The minimum atomic E-state index is -0.926. The van der Waals surface area contributed by atoms with Crippen LogP contribution in [0.2, 0.25) is 0 Å². The van der Waals surface area contributed by atoms with Gasteiger partial charge in [0.05, 0.1) is 27.2 Å². The van der Waals surface area contributed by atoms with Crippen LogP contribution in [0.3, 0.4) is 0 Å². The third kappa shape index (κ3) is 4.61. The summed E-state index contributed by atoms with van der Waals surface area (Å²) in [6, 6.07) is 0. The molecule has 0 saturated heterocycles. The fourth-order valence-electron chi connectivity index (χ4n) is 0.761. The lowest BCUT2D eigenvalue weighted by molar-refractivity contribution is -0.159. The molecule has 0 spiro atoms. The first-order chi connectivity index (χ1) is 6.65. The minimum absolute atomic E-state index is 0.156. The van der Waals surface area contributed by atoms with Gasteiger partial charge < -0.3 is 14.2 Å². The van der Waals surface area contributed by atoms with E-state index in [1.807, 2.05) is 0 Å². The molecule has 1 atom stereocenters. The summed E-state index contributed by atoms with van der Waals surface area (Å²) in [5.74, 6) is -1.12. The van der Waals surface area contributed by atoms with Gasteiger partial charge in [0.2, 0.25) is 0 Å². The maximum atomic E-state index is 11.1. The molecule has 0 bridgehead atoms. The summed E-state index contributed by atoms with van der Waals surface area (Å²) in [6.07, 6.45) is 0.398. The van der Waals surface area contributed by atoms with E-state index >= 15 is 0 Å². The smallest absolute Gasteiger partial charge is 0.335 e. The van der Waals surface area contributed by atoms with Crippen molar-refractivity contribution in [1.29, 1.82) is 0 Å². The normalized spacial score (nSPS) is 11.6. The molecule has 0 amide bonds. The summed E-state index contributed by atoms with van der Waals surface area (Å²) in [7, 11) is 2.47. The molecule has 1 unspecified atom stereocenters. The molecule has 0 aromatic rings. The van der Waals surface area contributed by atoms with Gasteiger partial charge in [0.15, 0.2) is 6.10 Å². The Kier molecular flexibility index (Phi) is 6.39. The number of esters is 2. The summed E-state index contributed by atoms with van der Waals surface area (Å²) in [5.41, 5.74) is 0. The van der Waals surface area contributed by atoms with Gasteiger partial charge >= 0.3 is 11.9 Å². The van der Waals surface area contributed by atoms with Gasteiger partial charge in [0, 0.05) is 0 Å². The van der Waals surface area contributed by atoms with Gasteiger partial charge in [-0.15, -0.1) is 6.58 Å². The van der Waals surface area contributed by atoms with Crippen LogP contribution in [0.25, 0.3) is 0 Å². The van der Waals surface area contributed by atoms with Gasteiger partial charge in [-0.05, 0) is 0 Å². The molecule has 0 aromatic heterocycles. The molecule has 80 valence electrons. The predicted octanol–water partition coefficient (Wildman–Crippen LogP) is 0.294. The predicted molar refractivity (Wildman–Crippen MR) is 48.6 cm³/mol. The molecule has 5 heteroatoms. The Morgan fingerprint density at radius 1 is 1.36 bits per heavy atom. The molecule has 14 heavy (non-hydrogen) atoms. The van der Waals surface area contributed by atoms with Crippen molar-refractivity contribution in [2.24, 2.45) is 0 Å². The topological polar surface area (TPSA) is 61.8 Å². The van der Waals surface area contributed by atoms with Crippen LogP contribution in [0.4, 0.5) is 0 Å². The van der Waals surface area contributed by atoms with Crippen LogP contribution in [0.1, 0.15) is 6.42 Å². The SMILES string of the molecule is C=CCOC(CC(=O)OC)C(=O)OC. The Hall–Kier alpha value is -1.36. The van der Waals surface area contributed by atoms with E-state index in [0.29, 0.717) is 0 Å². The Morgan fingerprint density at radius 3 is 2.43 bits per heavy atom. The molecular weight excluding hydrogens is 188 g/mol. The van der Waals surface area contributed by atoms with E-state index in [1.165, 1.54) is 20.3 Å². The Labute approximate surface area is 82.6 Å². The molecule has 0 aromatic carbocycles. The molecule has 0 radical (unpaired) electrons. The lowest BCUT2D eigenvalue weighted by Crippen LogP contribution is -2.29. The van der Waals surface area contributed by atoms with E-state index in [9.17, 15) is 9.59 Å². The van der Waals surface area contributed by atoms with Gasteiger partial charge in [-0.25, -0.2) is 4.79 Å². The molecule has 0 N–H and O–H groups in total. The van der Waals surface area contributed by atoms with Crippen LogP contribution in [0, 0.1) is 0 Å². The summed E-state index contributed by atoms with van der Waals surface area (Å²) >= 11 is 0. The molecule has 5 nitrogen and oxygen atoms in total. The number of ether oxygens (including phenoxy) is 3. The molecule has 0 fully saturated rings.